The Balaban J connectivity index is 3.04. The Kier molecular flexibility index (Phi) is 10.6. The highest BCUT2D eigenvalue weighted by Gasteiger charge is 2.32. The van der Waals surface area contributed by atoms with E-state index in [1.807, 2.05) is 12.1 Å². The Labute approximate surface area is 161 Å². The second kappa shape index (κ2) is 12.1. The number of unbranched alkanes of at least 4 members (excludes halogenated alkanes) is 2. The maximum atomic E-state index is 10.2. The van der Waals surface area contributed by atoms with Crippen molar-refractivity contribution in [2.75, 3.05) is 6.61 Å². The average Bonchev–Trinajstić information content (AvgIpc) is 2.69. The van der Waals surface area contributed by atoms with Crippen molar-refractivity contribution in [3.63, 3.8) is 0 Å². The third-order valence-electron chi connectivity index (χ3n) is 4.69. The van der Waals surface area contributed by atoms with E-state index in [0.29, 0.717) is 0 Å². The van der Waals surface area contributed by atoms with Gasteiger partial charge in [0.05, 0.1) is 6.61 Å². The Bertz CT molecular complexity index is 586. The minimum absolute atomic E-state index is 0.509. The fourth-order valence-electron chi connectivity index (χ4n) is 2.86. The highest BCUT2D eigenvalue weighted by Crippen LogP contribution is 2.21. The third kappa shape index (κ3) is 7.24. The molecule has 0 amide bonds. The van der Waals surface area contributed by atoms with E-state index in [1.165, 1.54) is 11.6 Å². The SMILES string of the molecule is CCCCc1ccc(C=C(O)[C@H](O)[C@@H](O)[C@H](O)[C@H](O)CO)c(CCCC)c1. The summed E-state index contributed by atoms with van der Waals surface area (Å²) in [6.07, 6.45) is 0.427. The fourth-order valence-corrected chi connectivity index (χ4v) is 2.86. The number of aliphatic hydroxyl groups is 6. The van der Waals surface area contributed by atoms with Gasteiger partial charge in [-0.15, -0.1) is 0 Å². The monoisotopic (exact) mass is 382 g/mol. The van der Waals surface area contributed by atoms with Crippen molar-refractivity contribution in [1.82, 2.24) is 0 Å². The first-order valence-electron chi connectivity index (χ1n) is 9.71. The Morgan fingerprint density at radius 3 is 2.19 bits per heavy atom. The van der Waals surface area contributed by atoms with Crippen LogP contribution < -0.4 is 0 Å². The van der Waals surface area contributed by atoms with E-state index in [4.69, 9.17) is 5.11 Å². The molecule has 1 aromatic carbocycles. The van der Waals surface area contributed by atoms with Crippen molar-refractivity contribution in [2.24, 2.45) is 0 Å². The maximum Gasteiger partial charge on any atom is 0.139 e. The van der Waals surface area contributed by atoms with Crippen LogP contribution in [0.5, 0.6) is 0 Å². The predicted molar refractivity (Wildman–Crippen MR) is 105 cm³/mol. The van der Waals surface area contributed by atoms with Crippen molar-refractivity contribution in [2.45, 2.75) is 76.8 Å². The van der Waals surface area contributed by atoms with E-state index in [1.54, 1.807) is 0 Å². The topological polar surface area (TPSA) is 121 Å². The molecule has 0 fully saturated rings. The summed E-state index contributed by atoms with van der Waals surface area (Å²) in [5, 5.41) is 58.1. The summed E-state index contributed by atoms with van der Waals surface area (Å²) in [6, 6.07) is 5.97. The van der Waals surface area contributed by atoms with Gasteiger partial charge in [-0.25, -0.2) is 0 Å². The first kappa shape index (κ1) is 23.6. The van der Waals surface area contributed by atoms with Gasteiger partial charge in [-0.2, -0.15) is 0 Å². The number of aliphatic hydroxyl groups excluding tert-OH is 6. The molecule has 154 valence electrons. The molecular weight excluding hydrogens is 348 g/mol. The van der Waals surface area contributed by atoms with Gasteiger partial charge in [0.15, 0.2) is 0 Å². The van der Waals surface area contributed by atoms with Crippen molar-refractivity contribution in [3.8, 4) is 0 Å². The van der Waals surface area contributed by atoms with Crippen LogP contribution in [0.15, 0.2) is 24.0 Å². The second-order valence-corrected chi connectivity index (χ2v) is 6.99. The van der Waals surface area contributed by atoms with Crippen molar-refractivity contribution >= 4 is 6.08 Å². The van der Waals surface area contributed by atoms with Gasteiger partial charge in [0, 0.05) is 0 Å². The molecule has 0 saturated carbocycles. The molecule has 0 aliphatic rings. The Hall–Kier alpha value is -1.44. The molecular formula is C21H34O6. The molecule has 0 radical (unpaired) electrons. The summed E-state index contributed by atoms with van der Waals surface area (Å²) in [5.41, 5.74) is 3.01. The van der Waals surface area contributed by atoms with Gasteiger partial charge in [0.25, 0.3) is 0 Å². The molecule has 1 aromatic rings. The van der Waals surface area contributed by atoms with Crippen LogP contribution in [0, 0.1) is 0 Å². The van der Waals surface area contributed by atoms with Crippen LogP contribution in [0.25, 0.3) is 6.08 Å². The summed E-state index contributed by atoms with van der Waals surface area (Å²) in [6.45, 7) is 3.47. The lowest BCUT2D eigenvalue weighted by molar-refractivity contribution is -0.112. The first-order valence-corrected chi connectivity index (χ1v) is 9.71. The minimum atomic E-state index is -1.83. The van der Waals surface area contributed by atoms with Gasteiger partial charge in [-0.05, 0) is 48.4 Å². The zero-order valence-electron chi connectivity index (χ0n) is 16.3. The molecule has 1 rings (SSSR count). The van der Waals surface area contributed by atoms with Crippen LogP contribution in [0.4, 0.5) is 0 Å². The fraction of sp³-hybridized carbons (Fsp3) is 0.619. The molecule has 0 spiro atoms. The summed E-state index contributed by atoms with van der Waals surface area (Å²) in [7, 11) is 0. The molecule has 0 bridgehead atoms. The number of aryl methyl sites for hydroxylation is 2. The van der Waals surface area contributed by atoms with Crippen LogP contribution in [0.1, 0.15) is 56.2 Å². The van der Waals surface area contributed by atoms with E-state index in [0.717, 1.165) is 49.7 Å². The molecule has 0 aromatic heterocycles. The number of benzene rings is 1. The molecule has 0 aliphatic carbocycles. The lowest BCUT2D eigenvalue weighted by Gasteiger charge is -2.25. The van der Waals surface area contributed by atoms with Crippen molar-refractivity contribution in [1.29, 1.82) is 0 Å². The summed E-state index contributed by atoms with van der Waals surface area (Å²) >= 11 is 0. The average molecular weight is 382 g/mol. The molecule has 0 heterocycles. The highest BCUT2D eigenvalue weighted by atomic mass is 16.4. The summed E-state index contributed by atoms with van der Waals surface area (Å²) < 4.78 is 0. The number of rotatable bonds is 12. The van der Waals surface area contributed by atoms with Crippen molar-refractivity contribution < 1.29 is 30.6 Å². The minimum Gasteiger partial charge on any atom is -0.509 e. The number of hydrogen-bond donors (Lipinski definition) is 6. The van der Waals surface area contributed by atoms with Crippen LogP contribution in [-0.4, -0.2) is 61.7 Å². The summed E-state index contributed by atoms with van der Waals surface area (Å²) in [4.78, 5) is 0. The quantitative estimate of drug-likeness (QED) is 0.306. The van der Waals surface area contributed by atoms with Gasteiger partial charge in [0.2, 0.25) is 0 Å². The molecule has 4 atom stereocenters. The second-order valence-electron chi connectivity index (χ2n) is 6.99. The maximum absolute atomic E-state index is 10.2. The molecule has 6 N–H and O–H groups in total. The molecule has 6 nitrogen and oxygen atoms in total. The zero-order chi connectivity index (χ0) is 20.4. The van der Waals surface area contributed by atoms with Crippen LogP contribution >= 0.6 is 0 Å². The Morgan fingerprint density at radius 2 is 1.59 bits per heavy atom. The first-order chi connectivity index (χ1) is 12.8. The molecule has 0 unspecified atom stereocenters. The largest absolute Gasteiger partial charge is 0.509 e. The van der Waals surface area contributed by atoms with Gasteiger partial charge >= 0.3 is 0 Å². The van der Waals surface area contributed by atoms with Crippen LogP contribution in [0.3, 0.4) is 0 Å². The van der Waals surface area contributed by atoms with Gasteiger partial charge in [-0.1, -0.05) is 44.9 Å². The van der Waals surface area contributed by atoms with Crippen LogP contribution in [-0.2, 0) is 12.8 Å². The normalized spacial score (nSPS) is 16.8. The smallest absolute Gasteiger partial charge is 0.139 e. The van der Waals surface area contributed by atoms with Crippen LogP contribution in [0.2, 0.25) is 0 Å². The van der Waals surface area contributed by atoms with Gasteiger partial charge in [-0.3, -0.25) is 0 Å². The highest BCUT2D eigenvalue weighted by molar-refractivity contribution is 5.57. The van der Waals surface area contributed by atoms with E-state index < -0.39 is 36.8 Å². The molecule has 27 heavy (non-hydrogen) atoms. The van der Waals surface area contributed by atoms with Gasteiger partial charge in [0.1, 0.15) is 30.2 Å². The lowest BCUT2D eigenvalue weighted by Crippen LogP contribution is -2.46. The lowest BCUT2D eigenvalue weighted by atomic mass is 9.95. The van der Waals surface area contributed by atoms with E-state index >= 15 is 0 Å². The van der Waals surface area contributed by atoms with Gasteiger partial charge < -0.3 is 30.6 Å². The zero-order valence-corrected chi connectivity index (χ0v) is 16.3. The van der Waals surface area contributed by atoms with E-state index in [9.17, 15) is 25.5 Å². The summed E-state index contributed by atoms with van der Waals surface area (Å²) in [5.74, 6) is -0.509. The number of hydrogen-bond acceptors (Lipinski definition) is 6. The molecule has 0 aliphatic heterocycles. The van der Waals surface area contributed by atoms with E-state index in [2.05, 4.69) is 19.9 Å². The molecule has 6 heteroatoms. The third-order valence-corrected chi connectivity index (χ3v) is 4.69. The standard InChI is InChI=1S/C21H34O6/c1-3-5-7-14-9-10-16(15(11-14)8-6-4-2)12-17(23)19(25)21(27)20(26)18(24)13-22/h9-12,18-27H,3-8,13H2,1-2H3/t18-,19+,20-,21-/m1/s1. The molecule has 0 saturated heterocycles. The van der Waals surface area contributed by atoms with E-state index in [-0.39, 0.29) is 0 Å². The van der Waals surface area contributed by atoms with Crippen molar-refractivity contribution in [3.05, 3.63) is 40.6 Å². The Morgan fingerprint density at radius 1 is 0.963 bits per heavy atom. The predicted octanol–water partition coefficient (Wildman–Crippen LogP) is 1.71.